The van der Waals surface area contributed by atoms with E-state index in [4.69, 9.17) is 0 Å². The largest absolute Gasteiger partial charge is 0 e. The molecule has 0 rings (SSSR count). The summed E-state index contributed by atoms with van der Waals surface area (Å²) in [5, 5.41) is 0. The molecule has 0 aromatic heterocycles. The topological polar surface area (TPSA) is 0 Å². The quantitative estimate of drug-likeness (QED) is 0.404. The molecule has 0 aromatic carbocycles. The van der Waals surface area contributed by atoms with Crippen molar-refractivity contribution < 1.29 is 36.5 Å². The molecule has 0 bridgehead atoms. The fourth-order valence-electron chi connectivity index (χ4n) is 0. The maximum absolute atomic E-state index is 0. The summed E-state index contributed by atoms with van der Waals surface area (Å²) in [5.74, 6) is 0. The van der Waals surface area contributed by atoms with Crippen molar-refractivity contribution in [2.45, 2.75) is 0 Å². The Hall–Kier alpha value is 1.97. The monoisotopic (exact) mass is 155 g/mol. The van der Waals surface area contributed by atoms with Crippen molar-refractivity contribution >= 4 is 31.5 Å². The minimum absolute atomic E-state index is 0. The van der Waals surface area contributed by atoms with E-state index in [1.54, 1.807) is 0 Å². The van der Waals surface area contributed by atoms with Gasteiger partial charge in [-0.1, -0.05) is 0 Å². The van der Waals surface area contributed by atoms with Crippen LogP contribution in [0.25, 0.3) is 0 Å². The zero-order valence-electron chi connectivity index (χ0n) is 2.35. The fraction of sp³-hybridized carbons (Fsp3) is 0. The van der Waals surface area contributed by atoms with Crippen LogP contribution in [0.5, 0.6) is 0 Å². The van der Waals surface area contributed by atoms with E-state index < -0.39 is 0 Å². The third-order valence-electron chi connectivity index (χ3n) is 0. The molecule has 0 aliphatic heterocycles. The molecule has 0 nitrogen and oxygen atoms in total. The van der Waals surface area contributed by atoms with Gasteiger partial charge in [-0.3, -0.25) is 0 Å². The Morgan fingerprint density at radius 3 is 1.00 bits per heavy atom. The van der Waals surface area contributed by atoms with E-state index in [-0.39, 0.29) is 68.0 Å². The number of hydrogen-bond donors (Lipinski definition) is 0. The molecule has 0 aliphatic carbocycles. The summed E-state index contributed by atoms with van der Waals surface area (Å²) >= 11 is 0. The van der Waals surface area contributed by atoms with Gasteiger partial charge < -0.3 is 0 Å². The molecule has 0 saturated carbocycles. The van der Waals surface area contributed by atoms with E-state index in [0.29, 0.717) is 0 Å². The van der Waals surface area contributed by atoms with Gasteiger partial charge in [-0.15, -0.1) is 0 Å². The standard InChI is InChI=1S/B.Fe.Mg.Zn. The van der Waals surface area contributed by atoms with Crippen LogP contribution in [0.15, 0.2) is 0 Å². The normalized spacial score (nSPS) is 0. The van der Waals surface area contributed by atoms with Crippen LogP contribution in [0.4, 0.5) is 0 Å². The first kappa shape index (κ1) is 37.9. The fourth-order valence-corrected chi connectivity index (χ4v) is 0. The minimum atomic E-state index is 0. The van der Waals surface area contributed by atoms with Crippen molar-refractivity contribution in [3.8, 4) is 0 Å². The van der Waals surface area contributed by atoms with E-state index in [0.717, 1.165) is 0 Å². The molecule has 0 spiro atoms. The Kier molecular flexibility index (Phi) is 191. The summed E-state index contributed by atoms with van der Waals surface area (Å²) in [6.45, 7) is 0. The molecular weight excluding hydrogens is 156 g/mol. The average molecular weight is 156 g/mol. The van der Waals surface area contributed by atoms with Crippen molar-refractivity contribution in [1.29, 1.82) is 0 Å². The van der Waals surface area contributed by atoms with Gasteiger partial charge in [-0.2, -0.15) is 0 Å². The van der Waals surface area contributed by atoms with E-state index >= 15 is 0 Å². The van der Waals surface area contributed by atoms with Gasteiger partial charge in [0.15, 0.2) is 0 Å². The number of hydrogen-bond acceptors (Lipinski definition) is 0. The third kappa shape index (κ3) is 9.02. The van der Waals surface area contributed by atoms with Crippen molar-refractivity contribution in [2.24, 2.45) is 0 Å². The number of rotatable bonds is 0. The third-order valence-corrected chi connectivity index (χ3v) is 0. The molecule has 0 atom stereocenters. The SMILES string of the molecule is [B].[Fe].[Mg].[Zn]. The van der Waals surface area contributed by atoms with Crippen LogP contribution in [-0.4, -0.2) is 31.5 Å². The first-order valence-electron chi connectivity index (χ1n) is 0. The maximum Gasteiger partial charge on any atom is 0 e. The summed E-state index contributed by atoms with van der Waals surface area (Å²) in [7, 11) is 0. The molecule has 0 aromatic rings. The first-order valence-corrected chi connectivity index (χ1v) is 0. The van der Waals surface area contributed by atoms with Gasteiger partial charge in [0.2, 0.25) is 0 Å². The smallest absolute Gasteiger partial charge is 0 e. The summed E-state index contributed by atoms with van der Waals surface area (Å²) < 4.78 is 0. The Morgan fingerprint density at radius 1 is 1.00 bits per heavy atom. The molecular formula is BFeMgZn. The van der Waals surface area contributed by atoms with E-state index in [1.165, 1.54) is 0 Å². The van der Waals surface area contributed by atoms with Crippen LogP contribution in [0.2, 0.25) is 0 Å². The molecule has 0 heterocycles. The van der Waals surface area contributed by atoms with E-state index in [9.17, 15) is 0 Å². The Morgan fingerprint density at radius 2 is 1.00 bits per heavy atom. The van der Waals surface area contributed by atoms with Crippen molar-refractivity contribution in [3.05, 3.63) is 0 Å². The first-order chi connectivity index (χ1) is 0. The second-order valence-electron chi connectivity index (χ2n) is 0. The zero-order valence-corrected chi connectivity index (χ0v) is 7.83. The second-order valence-corrected chi connectivity index (χ2v) is 0. The van der Waals surface area contributed by atoms with Crippen LogP contribution >= 0.6 is 0 Å². The van der Waals surface area contributed by atoms with Crippen molar-refractivity contribution in [2.75, 3.05) is 0 Å². The van der Waals surface area contributed by atoms with Gasteiger partial charge in [0.25, 0.3) is 0 Å². The molecule has 4 heavy (non-hydrogen) atoms. The maximum atomic E-state index is 0. The van der Waals surface area contributed by atoms with Crippen molar-refractivity contribution in [3.63, 3.8) is 0 Å². The van der Waals surface area contributed by atoms with Gasteiger partial charge in [0.1, 0.15) is 0 Å². The molecule has 0 unspecified atom stereocenters. The summed E-state index contributed by atoms with van der Waals surface area (Å²) in [6, 6.07) is 0. The van der Waals surface area contributed by atoms with Crippen molar-refractivity contribution in [1.82, 2.24) is 0 Å². The summed E-state index contributed by atoms with van der Waals surface area (Å²) in [4.78, 5) is 0. The molecule has 5 radical (unpaired) electrons. The Bertz CT molecular complexity index is 8.00. The second kappa shape index (κ2) is 20.2. The molecule has 0 aliphatic rings. The van der Waals surface area contributed by atoms with Gasteiger partial charge in [0, 0.05) is 68.0 Å². The van der Waals surface area contributed by atoms with Gasteiger partial charge >= 0.3 is 0 Å². The van der Waals surface area contributed by atoms with Crippen LogP contribution in [0, 0.1) is 0 Å². The van der Waals surface area contributed by atoms with Crippen LogP contribution < -0.4 is 0 Å². The molecule has 4 heteroatoms. The molecule has 0 saturated heterocycles. The predicted octanol–water partition coefficient (Wildman–Crippen LogP) is -0.767. The van der Waals surface area contributed by atoms with E-state index in [2.05, 4.69) is 0 Å². The molecule has 15 valence electrons. The molecule has 0 fully saturated rings. The Labute approximate surface area is 67.4 Å². The predicted molar refractivity (Wildman–Crippen MR) is 11.5 cm³/mol. The van der Waals surface area contributed by atoms with Gasteiger partial charge in [-0.05, 0) is 0 Å². The summed E-state index contributed by atoms with van der Waals surface area (Å²) in [6.07, 6.45) is 0. The zero-order chi connectivity index (χ0) is 0. The Balaban J connectivity index is 0. The van der Waals surface area contributed by atoms with Crippen LogP contribution in [0.3, 0.4) is 0 Å². The van der Waals surface area contributed by atoms with E-state index in [1.807, 2.05) is 0 Å². The summed E-state index contributed by atoms with van der Waals surface area (Å²) in [5.41, 5.74) is 0. The molecule has 0 N–H and O–H groups in total. The van der Waals surface area contributed by atoms with Gasteiger partial charge in [-0.25, -0.2) is 0 Å². The van der Waals surface area contributed by atoms with Crippen LogP contribution in [-0.2, 0) is 36.5 Å². The van der Waals surface area contributed by atoms with Crippen LogP contribution in [0.1, 0.15) is 0 Å². The molecule has 0 amide bonds. The minimum Gasteiger partial charge on any atom is 0 e. The average Bonchev–Trinajstić information content (AvgIpc) is 0. The van der Waals surface area contributed by atoms with Gasteiger partial charge in [0.05, 0.1) is 0 Å².